The number of carbonyl (C=O) groups excluding carboxylic acids is 4. The Labute approximate surface area is 222 Å². The van der Waals surface area contributed by atoms with Crippen molar-refractivity contribution in [3.63, 3.8) is 0 Å². The van der Waals surface area contributed by atoms with E-state index in [4.69, 9.17) is 4.74 Å². The van der Waals surface area contributed by atoms with Crippen LogP contribution in [-0.4, -0.2) is 52.7 Å². The first-order valence-corrected chi connectivity index (χ1v) is 13.1. The van der Waals surface area contributed by atoms with Crippen LogP contribution in [0.2, 0.25) is 0 Å². The fourth-order valence-electron chi connectivity index (χ4n) is 4.37. The smallest absolute Gasteiger partial charge is 0.325 e. The van der Waals surface area contributed by atoms with Gasteiger partial charge in [0.2, 0.25) is 5.91 Å². The fraction of sp³-hybridized carbons (Fsp3) is 0.333. The molecule has 0 bridgehead atoms. The highest BCUT2D eigenvalue weighted by molar-refractivity contribution is 6.45. The van der Waals surface area contributed by atoms with E-state index in [2.05, 4.69) is 5.32 Å². The van der Waals surface area contributed by atoms with Crippen LogP contribution in [0.4, 0.5) is 5.69 Å². The van der Waals surface area contributed by atoms with E-state index >= 15 is 0 Å². The van der Waals surface area contributed by atoms with Crippen molar-refractivity contribution in [3.05, 3.63) is 71.9 Å². The van der Waals surface area contributed by atoms with E-state index in [1.54, 1.807) is 40.7 Å². The Hall–Kier alpha value is -4.20. The van der Waals surface area contributed by atoms with E-state index in [1.807, 2.05) is 37.3 Å². The average Bonchev–Trinajstić information content (AvgIpc) is 3.67. The van der Waals surface area contributed by atoms with Crippen LogP contribution in [0.3, 0.4) is 0 Å². The van der Waals surface area contributed by atoms with Crippen molar-refractivity contribution in [3.8, 4) is 0 Å². The summed E-state index contributed by atoms with van der Waals surface area (Å²) in [6.45, 7) is 4.93. The number of rotatable bonds is 12. The molecule has 1 aromatic heterocycles. The van der Waals surface area contributed by atoms with Crippen molar-refractivity contribution >= 4 is 46.2 Å². The minimum atomic E-state index is -0.626. The number of aromatic nitrogens is 1. The van der Waals surface area contributed by atoms with Gasteiger partial charge in [-0.25, -0.2) is 0 Å². The van der Waals surface area contributed by atoms with Gasteiger partial charge in [-0.05, 0) is 61.9 Å². The zero-order valence-electron chi connectivity index (χ0n) is 21.8. The lowest BCUT2D eigenvalue weighted by Crippen LogP contribution is -2.38. The van der Waals surface area contributed by atoms with Gasteiger partial charge >= 0.3 is 5.97 Å². The average molecular weight is 516 g/mol. The highest BCUT2D eigenvalue weighted by Gasteiger charge is 2.31. The molecule has 0 saturated heterocycles. The summed E-state index contributed by atoms with van der Waals surface area (Å²) in [4.78, 5) is 53.1. The minimum absolute atomic E-state index is 0.0991. The second kappa shape index (κ2) is 12.4. The summed E-state index contributed by atoms with van der Waals surface area (Å²) in [6.07, 6.45) is 7.57. The van der Waals surface area contributed by atoms with Crippen molar-refractivity contribution < 1.29 is 23.9 Å². The molecule has 0 atom stereocenters. The Kier molecular flexibility index (Phi) is 8.73. The Morgan fingerprint density at radius 3 is 2.53 bits per heavy atom. The maximum atomic E-state index is 13.5. The van der Waals surface area contributed by atoms with Gasteiger partial charge in [0.15, 0.2) is 0 Å². The summed E-state index contributed by atoms with van der Waals surface area (Å²) < 4.78 is 6.70. The molecule has 8 nitrogen and oxygen atoms in total. The Bertz CT molecular complexity index is 1350. The van der Waals surface area contributed by atoms with Gasteiger partial charge in [0.25, 0.3) is 11.7 Å². The zero-order valence-corrected chi connectivity index (χ0v) is 21.8. The van der Waals surface area contributed by atoms with E-state index < -0.39 is 17.7 Å². The zero-order chi connectivity index (χ0) is 27.1. The van der Waals surface area contributed by atoms with E-state index in [-0.39, 0.29) is 24.6 Å². The van der Waals surface area contributed by atoms with Gasteiger partial charge in [0.05, 0.1) is 12.2 Å². The van der Waals surface area contributed by atoms with Crippen LogP contribution >= 0.6 is 0 Å². The van der Waals surface area contributed by atoms with Gasteiger partial charge in [-0.3, -0.25) is 19.2 Å². The molecule has 0 radical (unpaired) electrons. The Morgan fingerprint density at radius 1 is 1.08 bits per heavy atom. The summed E-state index contributed by atoms with van der Waals surface area (Å²) in [5, 5.41) is 3.30. The van der Waals surface area contributed by atoms with Crippen molar-refractivity contribution in [1.82, 2.24) is 9.47 Å². The highest BCUT2D eigenvalue weighted by atomic mass is 16.5. The highest BCUT2D eigenvalue weighted by Crippen LogP contribution is 2.31. The summed E-state index contributed by atoms with van der Waals surface area (Å²) >= 11 is 0. The van der Waals surface area contributed by atoms with Crippen LogP contribution in [-0.2, 0) is 25.7 Å². The lowest BCUT2D eigenvalue weighted by Gasteiger charge is -2.21. The number of fused-ring (bicyclic) bond motifs is 1. The number of hydrogen-bond acceptors (Lipinski definition) is 5. The van der Waals surface area contributed by atoms with Crippen molar-refractivity contribution in [2.75, 3.05) is 25.0 Å². The largest absolute Gasteiger partial charge is 0.465 e. The van der Waals surface area contributed by atoms with Gasteiger partial charge in [-0.2, -0.15) is 0 Å². The first-order chi connectivity index (χ1) is 18.4. The van der Waals surface area contributed by atoms with E-state index in [9.17, 15) is 19.2 Å². The number of ketones is 1. The normalized spacial score (nSPS) is 13.0. The van der Waals surface area contributed by atoms with Crippen LogP contribution < -0.4 is 5.32 Å². The molecule has 198 valence electrons. The Balaban J connectivity index is 1.63. The molecule has 1 N–H and O–H groups in total. The molecular formula is C30H33N3O5. The van der Waals surface area contributed by atoms with Crippen molar-refractivity contribution in [2.45, 2.75) is 39.7 Å². The van der Waals surface area contributed by atoms with Crippen molar-refractivity contribution in [2.24, 2.45) is 5.92 Å². The number of Topliss-reactive ketones (excluding diaryl/α,β-unsaturated/α-hetero) is 1. The first-order valence-electron chi connectivity index (χ1n) is 13.1. The third kappa shape index (κ3) is 6.76. The number of esters is 1. The second-order valence-electron chi connectivity index (χ2n) is 9.46. The summed E-state index contributed by atoms with van der Waals surface area (Å²) in [5.74, 6) is -1.50. The maximum Gasteiger partial charge on any atom is 0.325 e. The lowest BCUT2D eigenvalue weighted by molar-refractivity contribution is -0.143. The molecule has 0 spiro atoms. The van der Waals surface area contributed by atoms with Crippen LogP contribution in [0, 0.1) is 5.92 Å². The Morgan fingerprint density at radius 2 is 1.84 bits per heavy atom. The van der Waals surface area contributed by atoms with Gasteiger partial charge in [0, 0.05) is 42.0 Å². The number of amides is 2. The van der Waals surface area contributed by atoms with Crippen LogP contribution in [0.5, 0.6) is 0 Å². The predicted octanol–water partition coefficient (Wildman–Crippen LogP) is 4.69. The van der Waals surface area contributed by atoms with Crippen LogP contribution in [0.15, 0.2) is 60.8 Å². The SMILES string of the molecule is CCCN(CC1CC1)C(=O)C(=O)c1cn(CC(=O)OCC)c2ccc(NC(=O)/C=C/c3ccccc3)cc12. The molecule has 1 heterocycles. The summed E-state index contributed by atoms with van der Waals surface area (Å²) in [6, 6.07) is 14.5. The van der Waals surface area contributed by atoms with E-state index in [0.29, 0.717) is 35.6 Å². The third-order valence-corrected chi connectivity index (χ3v) is 6.38. The number of ether oxygens (including phenoxy) is 1. The molecule has 1 fully saturated rings. The first kappa shape index (κ1) is 26.9. The molecule has 8 heteroatoms. The van der Waals surface area contributed by atoms with Gasteiger partial charge in [0.1, 0.15) is 6.54 Å². The molecule has 38 heavy (non-hydrogen) atoms. The summed E-state index contributed by atoms with van der Waals surface area (Å²) in [5.41, 5.74) is 2.15. The molecule has 1 saturated carbocycles. The fourth-order valence-corrected chi connectivity index (χ4v) is 4.37. The number of hydrogen-bond donors (Lipinski definition) is 1. The number of benzene rings is 2. The molecule has 2 aromatic carbocycles. The minimum Gasteiger partial charge on any atom is -0.465 e. The van der Waals surface area contributed by atoms with Gasteiger partial charge < -0.3 is 19.5 Å². The molecule has 1 aliphatic rings. The lowest BCUT2D eigenvalue weighted by atomic mass is 10.1. The van der Waals surface area contributed by atoms with Crippen LogP contribution in [0.25, 0.3) is 17.0 Å². The van der Waals surface area contributed by atoms with Crippen LogP contribution in [0.1, 0.15) is 49.0 Å². The number of nitrogens with one attached hydrogen (secondary N) is 1. The molecule has 4 rings (SSSR count). The number of carbonyl (C=O) groups is 4. The van der Waals surface area contributed by atoms with E-state index in [0.717, 1.165) is 24.8 Å². The third-order valence-electron chi connectivity index (χ3n) is 6.38. The number of nitrogens with zero attached hydrogens (tertiary/aromatic N) is 2. The molecule has 0 aliphatic heterocycles. The molecule has 3 aromatic rings. The maximum absolute atomic E-state index is 13.5. The molecule has 2 amide bonds. The van der Waals surface area contributed by atoms with Gasteiger partial charge in [-0.1, -0.05) is 37.3 Å². The van der Waals surface area contributed by atoms with Crippen molar-refractivity contribution in [1.29, 1.82) is 0 Å². The molecular weight excluding hydrogens is 482 g/mol. The topological polar surface area (TPSA) is 97.7 Å². The van der Waals surface area contributed by atoms with Gasteiger partial charge in [-0.15, -0.1) is 0 Å². The number of anilines is 1. The monoisotopic (exact) mass is 515 g/mol. The molecule has 1 aliphatic carbocycles. The molecule has 0 unspecified atom stereocenters. The summed E-state index contributed by atoms with van der Waals surface area (Å²) in [7, 11) is 0. The second-order valence-corrected chi connectivity index (χ2v) is 9.46. The standard InChI is InChI=1S/C30H33N3O5/c1-3-16-32(18-22-10-11-22)30(37)29(36)25-19-33(20-28(35)38-4-2)26-14-13-23(17-24(25)26)31-27(34)15-12-21-8-6-5-7-9-21/h5-9,12-15,17,19,22H,3-4,10-11,16,18,20H2,1-2H3,(H,31,34)/b15-12+. The van der Waals surface area contributed by atoms with E-state index in [1.165, 1.54) is 12.3 Å². The quantitative estimate of drug-likeness (QED) is 0.163. The predicted molar refractivity (Wildman–Crippen MR) is 147 cm³/mol.